The predicted molar refractivity (Wildman–Crippen MR) is 72.7 cm³/mol. The van der Waals surface area contributed by atoms with Crippen LogP contribution < -0.4 is 10.1 Å². The second-order valence-corrected chi connectivity index (χ2v) is 5.06. The fourth-order valence-electron chi connectivity index (χ4n) is 1.15. The quantitative estimate of drug-likeness (QED) is 0.828. The van der Waals surface area contributed by atoms with Crippen LogP contribution >= 0.6 is 31.9 Å². The van der Waals surface area contributed by atoms with E-state index in [2.05, 4.69) is 37.2 Å². The Bertz CT molecular complexity index is 358. The smallest absolute Gasteiger partial charge is 0.238 e. The van der Waals surface area contributed by atoms with Gasteiger partial charge >= 0.3 is 0 Å². The van der Waals surface area contributed by atoms with Crippen molar-refractivity contribution in [1.82, 2.24) is 0 Å². The van der Waals surface area contributed by atoms with Gasteiger partial charge < -0.3 is 10.1 Å². The molecule has 88 valence electrons. The molecular formula is C11H13Br2NO2. The normalized spacial score (nSPS) is 11.9. The van der Waals surface area contributed by atoms with Crippen LogP contribution in [-0.2, 0) is 4.79 Å². The Hall–Kier alpha value is -0.550. The number of anilines is 1. The number of benzene rings is 1. The topological polar surface area (TPSA) is 38.3 Å². The number of amides is 1. The van der Waals surface area contributed by atoms with Gasteiger partial charge in [0.25, 0.3) is 0 Å². The van der Waals surface area contributed by atoms with Crippen LogP contribution in [0.25, 0.3) is 0 Å². The lowest BCUT2D eigenvalue weighted by atomic mass is 10.2. The zero-order valence-corrected chi connectivity index (χ0v) is 12.0. The first-order valence-corrected chi connectivity index (χ1v) is 6.86. The van der Waals surface area contributed by atoms with E-state index in [4.69, 9.17) is 4.74 Å². The number of ether oxygens (including phenoxy) is 1. The van der Waals surface area contributed by atoms with Crippen LogP contribution in [0.5, 0.6) is 5.75 Å². The van der Waals surface area contributed by atoms with Gasteiger partial charge in [-0.2, -0.15) is 0 Å². The molecule has 0 aromatic heterocycles. The first kappa shape index (κ1) is 13.5. The maximum Gasteiger partial charge on any atom is 0.238 e. The molecule has 1 amide bonds. The summed E-state index contributed by atoms with van der Waals surface area (Å²) in [4.78, 5) is 11.5. The number of methoxy groups -OCH3 is 1. The van der Waals surface area contributed by atoms with E-state index in [9.17, 15) is 4.79 Å². The molecule has 0 aliphatic rings. The van der Waals surface area contributed by atoms with E-state index in [-0.39, 0.29) is 10.7 Å². The van der Waals surface area contributed by atoms with Crippen LogP contribution in [0.3, 0.4) is 0 Å². The number of halogens is 2. The summed E-state index contributed by atoms with van der Waals surface area (Å²) in [5.74, 6) is 0.678. The summed E-state index contributed by atoms with van der Waals surface area (Å²) >= 11 is 6.62. The third-order valence-electron chi connectivity index (χ3n) is 1.98. The largest absolute Gasteiger partial charge is 0.497 e. The van der Waals surface area contributed by atoms with E-state index in [1.165, 1.54) is 0 Å². The second kappa shape index (κ2) is 6.91. The van der Waals surface area contributed by atoms with Gasteiger partial charge in [-0.15, -0.1) is 0 Å². The van der Waals surface area contributed by atoms with Gasteiger partial charge in [0.1, 0.15) is 5.75 Å². The lowest BCUT2D eigenvalue weighted by molar-refractivity contribution is -0.115. The highest BCUT2D eigenvalue weighted by Gasteiger charge is 2.13. The molecule has 0 saturated heterocycles. The maximum absolute atomic E-state index is 11.7. The lowest BCUT2D eigenvalue weighted by Gasteiger charge is -2.10. The van der Waals surface area contributed by atoms with Gasteiger partial charge in [0.05, 0.1) is 11.9 Å². The Morgan fingerprint density at radius 1 is 1.56 bits per heavy atom. The Balaban J connectivity index is 2.61. The Morgan fingerprint density at radius 2 is 2.31 bits per heavy atom. The molecular weight excluding hydrogens is 338 g/mol. The number of alkyl halides is 2. The van der Waals surface area contributed by atoms with Crippen molar-refractivity contribution in [3.8, 4) is 5.75 Å². The van der Waals surface area contributed by atoms with Gasteiger partial charge in [0, 0.05) is 17.1 Å². The van der Waals surface area contributed by atoms with Gasteiger partial charge in [-0.05, 0) is 18.6 Å². The van der Waals surface area contributed by atoms with Gasteiger partial charge in [-0.1, -0.05) is 37.9 Å². The first-order valence-electron chi connectivity index (χ1n) is 4.82. The van der Waals surface area contributed by atoms with Crippen molar-refractivity contribution in [3.05, 3.63) is 24.3 Å². The van der Waals surface area contributed by atoms with Crippen molar-refractivity contribution in [1.29, 1.82) is 0 Å². The summed E-state index contributed by atoms with van der Waals surface area (Å²) < 4.78 is 5.07. The third kappa shape index (κ3) is 4.14. The fraction of sp³-hybridized carbons (Fsp3) is 0.364. The van der Waals surface area contributed by atoms with Crippen molar-refractivity contribution >= 4 is 43.5 Å². The molecule has 5 heteroatoms. The van der Waals surface area contributed by atoms with E-state index in [1.807, 2.05) is 18.2 Å². The van der Waals surface area contributed by atoms with Crippen LogP contribution in [-0.4, -0.2) is 23.2 Å². The first-order chi connectivity index (χ1) is 7.67. The van der Waals surface area contributed by atoms with Crippen molar-refractivity contribution in [2.24, 2.45) is 0 Å². The predicted octanol–water partition coefficient (Wildman–Crippen LogP) is 3.18. The third-order valence-corrected chi connectivity index (χ3v) is 3.32. The summed E-state index contributed by atoms with van der Waals surface area (Å²) in [6.45, 7) is 0. The summed E-state index contributed by atoms with van der Waals surface area (Å²) in [5, 5.41) is 3.60. The number of nitrogens with one attached hydrogen (secondary N) is 1. The summed E-state index contributed by atoms with van der Waals surface area (Å²) in [6, 6.07) is 7.28. The summed E-state index contributed by atoms with van der Waals surface area (Å²) in [7, 11) is 1.60. The van der Waals surface area contributed by atoms with Crippen LogP contribution in [0.2, 0.25) is 0 Å². The average molecular weight is 351 g/mol. The summed E-state index contributed by atoms with van der Waals surface area (Å²) in [5.41, 5.74) is 0.739. The van der Waals surface area contributed by atoms with Gasteiger partial charge in [0.2, 0.25) is 5.91 Å². The highest BCUT2D eigenvalue weighted by Crippen LogP contribution is 2.18. The highest BCUT2D eigenvalue weighted by molar-refractivity contribution is 9.10. The molecule has 1 aromatic rings. The zero-order chi connectivity index (χ0) is 12.0. The van der Waals surface area contributed by atoms with Crippen LogP contribution in [0.1, 0.15) is 6.42 Å². The molecule has 1 aromatic carbocycles. The monoisotopic (exact) mass is 349 g/mol. The van der Waals surface area contributed by atoms with Crippen molar-refractivity contribution in [3.63, 3.8) is 0 Å². The Morgan fingerprint density at radius 3 is 2.94 bits per heavy atom. The average Bonchev–Trinajstić information content (AvgIpc) is 2.29. The van der Waals surface area contributed by atoms with Crippen LogP contribution in [0, 0.1) is 0 Å². The van der Waals surface area contributed by atoms with E-state index in [0.29, 0.717) is 0 Å². The minimum Gasteiger partial charge on any atom is -0.497 e. The molecule has 0 spiro atoms. The van der Waals surface area contributed by atoms with Crippen molar-refractivity contribution in [2.45, 2.75) is 11.2 Å². The SMILES string of the molecule is COc1cccc(NC(=O)C(Br)CCBr)c1. The Labute approximate surface area is 112 Å². The molecule has 1 unspecified atom stereocenters. The lowest BCUT2D eigenvalue weighted by Crippen LogP contribution is -2.23. The summed E-state index contributed by atoms with van der Waals surface area (Å²) in [6.07, 6.45) is 0.746. The van der Waals surface area contributed by atoms with E-state index >= 15 is 0 Å². The molecule has 0 fully saturated rings. The van der Waals surface area contributed by atoms with Crippen LogP contribution in [0.4, 0.5) is 5.69 Å². The van der Waals surface area contributed by atoms with E-state index < -0.39 is 0 Å². The minimum atomic E-state index is -0.182. The number of hydrogen-bond acceptors (Lipinski definition) is 2. The maximum atomic E-state index is 11.7. The number of rotatable bonds is 5. The van der Waals surface area contributed by atoms with Crippen molar-refractivity contribution < 1.29 is 9.53 Å². The number of hydrogen-bond donors (Lipinski definition) is 1. The van der Waals surface area contributed by atoms with Gasteiger partial charge in [0.15, 0.2) is 0 Å². The number of carbonyl (C=O) groups excluding carboxylic acids is 1. The fourth-order valence-corrected chi connectivity index (χ4v) is 2.56. The molecule has 0 saturated carbocycles. The zero-order valence-electron chi connectivity index (χ0n) is 8.87. The molecule has 0 aliphatic carbocycles. The minimum absolute atomic E-state index is 0.0484. The molecule has 1 atom stereocenters. The molecule has 1 N–H and O–H groups in total. The number of carbonyl (C=O) groups is 1. The van der Waals surface area contributed by atoms with E-state index in [0.717, 1.165) is 23.2 Å². The van der Waals surface area contributed by atoms with Crippen LogP contribution in [0.15, 0.2) is 24.3 Å². The molecule has 0 heterocycles. The van der Waals surface area contributed by atoms with Gasteiger partial charge in [-0.25, -0.2) is 0 Å². The molecule has 1 rings (SSSR count). The van der Waals surface area contributed by atoms with Crippen molar-refractivity contribution in [2.75, 3.05) is 17.8 Å². The standard InChI is InChI=1S/C11H13Br2NO2/c1-16-9-4-2-3-8(7-9)14-11(15)10(13)5-6-12/h2-4,7,10H,5-6H2,1H3,(H,14,15). The second-order valence-electron chi connectivity index (χ2n) is 3.17. The molecule has 16 heavy (non-hydrogen) atoms. The molecule has 0 aliphatic heterocycles. The molecule has 0 bridgehead atoms. The van der Waals surface area contributed by atoms with E-state index in [1.54, 1.807) is 13.2 Å². The highest BCUT2D eigenvalue weighted by atomic mass is 79.9. The molecule has 3 nitrogen and oxygen atoms in total. The van der Waals surface area contributed by atoms with Gasteiger partial charge in [-0.3, -0.25) is 4.79 Å². The molecule has 0 radical (unpaired) electrons. The Kier molecular flexibility index (Phi) is 5.84.